The van der Waals surface area contributed by atoms with Crippen molar-refractivity contribution < 1.29 is 0 Å². The Morgan fingerprint density at radius 1 is 1.14 bits per heavy atom. The number of hydrogen-bond donors (Lipinski definition) is 1. The number of nitrogens with zero attached hydrogens (tertiary/aromatic N) is 1. The summed E-state index contributed by atoms with van der Waals surface area (Å²) in [5.74, 6) is 0.881. The lowest BCUT2D eigenvalue weighted by Crippen LogP contribution is -1.98. The molecule has 2 aromatic heterocycles. The lowest BCUT2D eigenvalue weighted by atomic mass is 9.97. The van der Waals surface area contributed by atoms with Gasteiger partial charge in [0.2, 0.25) is 0 Å². The monoisotopic (exact) mass is 312 g/mol. The summed E-state index contributed by atoms with van der Waals surface area (Å²) in [7, 11) is 0. The largest absolute Gasteiger partial charge is 0.330 e. The van der Waals surface area contributed by atoms with Crippen LogP contribution in [-0.2, 0) is 12.8 Å². The summed E-state index contributed by atoms with van der Waals surface area (Å²) in [6.07, 6.45) is 4.90. The molecule has 0 bridgehead atoms. The lowest BCUT2D eigenvalue weighted by Gasteiger charge is -2.10. The van der Waals surface area contributed by atoms with Crippen molar-refractivity contribution in [3.8, 4) is 11.4 Å². The molecule has 1 N–H and O–H groups in total. The maximum absolute atomic E-state index is 5.62. The van der Waals surface area contributed by atoms with E-state index in [1.165, 1.54) is 40.7 Å². The first-order valence-electron chi connectivity index (χ1n) is 7.34. The van der Waals surface area contributed by atoms with E-state index in [9.17, 15) is 0 Å². The minimum atomic E-state index is 0.843. The van der Waals surface area contributed by atoms with Gasteiger partial charge in [-0.15, -0.1) is 11.3 Å². The predicted octanol–water partition coefficient (Wildman–Crippen LogP) is 5.21. The van der Waals surface area contributed by atoms with E-state index < -0.39 is 0 Å². The predicted molar refractivity (Wildman–Crippen MR) is 91.6 cm³/mol. The highest BCUT2D eigenvalue weighted by atomic mass is 32.1. The third kappa shape index (κ3) is 2.23. The molecule has 0 fully saturated rings. The van der Waals surface area contributed by atoms with E-state index in [-0.39, 0.29) is 0 Å². The number of benzene rings is 1. The van der Waals surface area contributed by atoms with Crippen LogP contribution in [0.1, 0.15) is 28.8 Å². The van der Waals surface area contributed by atoms with Gasteiger partial charge in [-0.1, -0.05) is 42.0 Å². The Balaban J connectivity index is 1.93. The van der Waals surface area contributed by atoms with Gasteiger partial charge >= 0.3 is 0 Å². The normalized spacial score (nSPS) is 14.3. The number of aromatic nitrogens is 2. The van der Waals surface area contributed by atoms with Crippen molar-refractivity contribution in [1.29, 1.82) is 0 Å². The van der Waals surface area contributed by atoms with Gasteiger partial charge in [-0.2, -0.15) is 0 Å². The number of aryl methyl sites for hydroxylation is 3. The molecule has 1 aliphatic carbocycles. The summed E-state index contributed by atoms with van der Waals surface area (Å²) in [6.45, 7) is 2.09. The quantitative estimate of drug-likeness (QED) is 0.625. The molecule has 0 aliphatic heterocycles. The Morgan fingerprint density at radius 3 is 2.71 bits per heavy atom. The molecule has 4 heteroatoms. The SMILES string of the molecule is Cc1ccc(-c2nc3sc4c(c3c(=S)[nH]2)CCCC4)cc1. The van der Waals surface area contributed by atoms with E-state index in [0.29, 0.717) is 0 Å². The van der Waals surface area contributed by atoms with E-state index in [4.69, 9.17) is 17.2 Å². The van der Waals surface area contributed by atoms with Crippen molar-refractivity contribution in [2.45, 2.75) is 32.6 Å². The van der Waals surface area contributed by atoms with Crippen molar-refractivity contribution in [3.05, 3.63) is 44.9 Å². The first-order chi connectivity index (χ1) is 10.2. The van der Waals surface area contributed by atoms with Crippen LogP contribution in [-0.4, -0.2) is 9.97 Å². The van der Waals surface area contributed by atoms with Crippen LogP contribution in [0.25, 0.3) is 21.6 Å². The number of thiophene rings is 1. The Morgan fingerprint density at radius 2 is 1.90 bits per heavy atom. The average Bonchev–Trinajstić information content (AvgIpc) is 2.86. The Hall–Kier alpha value is -1.52. The third-order valence-corrected chi connectivity index (χ3v) is 5.64. The molecular formula is C17H16N2S2. The number of aromatic amines is 1. The van der Waals surface area contributed by atoms with Gasteiger partial charge in [0.05, 0.1) is 0 Å². The summed E-state index contributed by atoms with van der Waals surface area (Å²) in [6, 6.07) is 8.42. The molecule has 0 saturated carbocycles. The second-order valence-corrected chi connectivity index (χ2v) is 7.16. The molecule has 106 valence electrons. The molecular weight excluding hydrogens is 296 g/mol. The zero-order chi connectivity index (χ0) is 14.4. The van der Waals surface area contributed by atoms with Gasteiger partial charge in [0.15, 0.2) is 0 Å². The molecule has 0 atom stereocenters. The molecule has 1 aliphatic rings. The van der Waals surface area contributed by atoms with Crippen molar-refractivity contribution in [1.82, 2.24) is 9.97 Å². The van der Waals surface area contributed by atoms with Gasteiger partial charge in [0.25, 0.3) is 0 Å². The van der Waals surface area contributed by atoms with Gasteiger partial charge in [0, 0.05) is 15.8 Å². The van der Waals surface area contributed by atoms with Crippen molar-refractivity contribution in [2.75, 3.05) is 0 Å². The Kier molecular flexibility index (Phi) is 3.16. The maximum atomic E-state index is 5.62. The number of rotatable bonds is 1. The van der Waals surface area contributed by atoms with E-state index >= 15 is 0 Å². The minimum absolute atomic E-state index is 0.843. The Labute approximate surface area is 132 Å². The summed E-state index contributed by atoms with van der Waals surface area (Å²) in [4.78, 5) is 10.8. The molecule has 3 aromatic rings. The maximum Gasteiger partial charge on any atom is 0.140 e. The van der Waals surface area contributed by atoms with Gasteiger partial charge in [-0.3, -0.25) is 0 Å². The van der Waals surface area contributed by atoms with Crippen LogP contribution >= 0.6 is 23.6 Å². The van der Waals surface area contributed by atoms with Crippen LogP contribution < -0.4 is 0 Å². The zero-order valence-corrected chi connectivity index (χ0v) is 13.5. The van der Waals surface area contributed by atoms with Crippen LogP contribution in [0, 0.1) is 11.6 Å². The molecule has 0 unspecified atom stereocenters. The fourth-order valence-corrected chi connectivity index (χ4v) is 4.66. The fraction of sp³-hybridized carbons (Fsp3) is 0.294. The summed E-state index contributed by atoms with van der Waals surface area (Å²) in [5.41, 5.74) is 3.80. The molecule has 0 spiro atoms. The van der Waals surface area contributed by atoms with Crippen molar-refractivity contribution in [3.63, 3.8) is 0 Å². The second kappa shape index (κ2) is 5.04. The van der Waals surface area contributed by atoms with Crippen LogP contribution in [0.3, 0.4) is 0 Å². The average molecular weight is 312 g/mol. The number of H-pyrrole nitrogens is 1. The number of nitrogens with one attached hydrogen (secondary N) is 1. The lowest BCUT2D eigenvalue weighted by molar-refractivity contribution is 0.700. The summed E-state index contributed by atoms with van der Waals surface area (Å²) in [5, 5.41) is 1.19. The highest BCUT2D eigenvalue weighted by Gasteiger charge is 2.18. The van der Waals surface area contributed by atoms with Crippen LogP contribution in [0.4, 0.5) is 0 Å². The van der Waals surface area contributed by atoms with E-state index in [0.717, 1.165) is 27.3 Å². The Bertz CT molecular complexity index is 872. The van der Waals surface area contributed by atoms with Crippen LogP contribution in [0.2, 0.25) is 0 Å². The van der Waals surface area contributed by atoms with E-state index in [1.54, 1.807) is 0 Å². The second-order valence-electron chi connectivity index (χ2n) is 5.67. The van der Waals surface area contributed by atoms with Crippen molar-refractivity contribution >= 4 is 33.8 Å². The highest BCUT2D eigenvalue weighted by molar-refractivity contribution is 7.71. The molecule has 21 heavy (non-hydrogen) atoms. The summed E-state index contributed by atoms with van der Waals surface area (Å²) < 4.78 is 0.843. The first-order valence-corrected chi connectivity index (χ1v) is 8.56. The molecule has 1 aromatic carbocycles. The zero-order valence-electron chi connectivity index (χ0n) is 11.9. The van der Waals surface area contributed by atoms with E-state index in [2.05, 4.69) is 36.2 Å². The van der Waals surface area contributed by atoms with Gasteiger partial charge in [-0.25, -0.2) is 4.98 Å². The number of fused-ring (bicyclic) bond motifs is 3. The van der Waals surface area contributed by atoms with Gasteiger partial charge in [0.1, 0.15) is 15.3 Å². The van der Waals surface area contributed by atoms with E-state index in [1.807, 2.05) is 11.3 Å². The van der Waals surface area contributed by atoms with Crippen LogP contribution in [0.15, 0.2) is 24.3 Å². The topological polar surface area (TPSA) is 28.7 Å². The molecule has 2 heterocycles. The summed E-state index contributed by atoms with van der Waals surface area (Å²) >= 11 is 7.45. The molecule has 0 saturated heterocycles. The molecule has 0 radical (unpaired) electrons. The number of hydrogen-bond acceptors (Lipinski definition) is 3. The third-order valence-electron chi connectivity index (χ3n) is 4.15. The molecule has 2 nitrogen and oxygen atoms in total. The smallest absolute Gasteiger partial charge is 0.140 e. The minimum Gasteiger partial charge on any atom is -0.330 e. The van der Waals surface area contributed by atoms with Crippen LogP contribution in [0.5, 0.6) is 0 Å². The standard InChI is InChI=1S/C17H16N2S2/c1-10-6-8-11(9-7-10)15-18-16(20)14-12-4-2-3-5-13(12)21-17(14)19-15/h6-9H,2-5H2,1H3,(H,18,19,20). The van der Waals surface area contributed by atoms with Crippen molar-refractivity contribution in [2.24, 2.45) is 0 Å². The van der Waals surface area contributed by atoms with Gasteiger partial charge in [-0.05, 0) is 38.2 Å². The molecule has 0 amide bonds. The fourth-order valence-electron chi connectivity index (χ4n) is 3.01. The highest BCUT2D eigenvalue weighted by Crippen LogP contribution is 2.36. The first kappa shape index (κ1) is 13.2. The van der Waals surface area contributed by atoms with Gasteiger partial charge < -0.3 is 4.98 Å². The molecule has 4 rings (SSSR count).